The molecule has 168 valence electrons. The van der Waals surface area contributed by atoms with Crippen molar-refractivity contribution in [2.24, 2.45) is 0 Å². The van der Waals surface area contributed by atoms with Crippen molar-refractivity contribution in [2.75, 3.05) is 36.8 Å². The zero-order valence-corrected chi connectivity index (χ0v) is 21.4. The molecule has 0 spiro atoms. The molecule has 0 saturated carbocycles. The van der Waals surface area contributed by atoms with Crippen LogP contribution in [-0.4, -0.2) is 47.7 Å². The summed E-state index contributed by atoms with van der Waals surface area (Å²) in [7, 11) is 0. The summed E-state index contributed by atoms with van der Waals surface area (Å²) in [4.78, 5) is 23.8. The van der Waals surface area contributed by atoms with Crippen LogP contribution in [0.3, 0.4) is 0 Å². The van der Waals surface area contributed by atoms with Crippen molar-refractivity contribution in [2.45, 2.75) is 39.5 Å². The van der Waals surface area contributed by atoms with Gasteiger partial charge in [0.25, 0.3) is 5.91 Å². The summed E-state index contributed by atoms with van der Waals surface area (Å²) in [5.74, 6) is 1.01. The molecule has 0 aliphatic rings. The van der Waals surface area contributed by atoms with Gasteiger partial charge in [-0.1, -0.05) is 44.2 Å². The second-order valence-electron chi connectivity index (χ2n) is 7.37. The third-order valence-electron chi connectivity index (χ3n) is 5.21. The molecule has 0 radical (unpaired) electrons. The van der Waals surface area contributed by atoms with Gasteiger partial charge in [-0.2, -0.15) is 0 Å². The highest BCUT2D eigenvalue weighted by Crippen LogP contribution is 2.33. The molecule has 0 bridgehead atoms. The average Bonchev–Trinajstić information content (AvgIpc) is 3.15. The lowest BCUT2D eigenvalue weighted by atomic mass is 10.1. The van der Waals surface area contributed by atoms with Gasteiger partial charge in [-0.25, -0.2) is 4.98 Å². The van der Waals surface area contributed by atoms with Crippen LogP contribution < -0.4 is 4.90 Å². The van der Waals surface area contributed by atoms with Crippen LogP contribution in [0.2, 0.25) is 0 Å². The highest BCUT2D eigenvalue weighted by atomic mass is 35.5. The summed E-state index contributed by atoms with van der Waals surface area (Å²) >= 11 is 3.37. The molecule has 1 aromatic heterocycles. The largest absolute Gasteiger partial charge is 0.302 e. The van der Waals surface area contributed by atoms with Crippen molar-refractivity contribution >= 4 is 56.8 Å². The molecule has 0 fully saturated rings. The van der Waals surface area contributed by atoms with Crippen molar-refractivity contribution in [1.82, 2.24) is 9.88 Å². The molecule has 2 aromatic carbocycles. The first-order valence-corrected chi connectivity index (χ1v) is 12.4. The van der Waals surface area contributed by atoms with E-state index in [0.717, 1.165) is 51.2 Å². The van der Waals surface area contributed by atoms with Crippen LogP contribution in [0.5, 0.6) is 0 Å². The Morgan fingerprint density at radius 1 is 1.06 bits per heavy atom. The number of anilines is 1. The second kappa shape index (κ2) is 11.9. The van der Waals surface area contributed by atoms with Crippen LogP contribution in [0.1, 0.15) is 42.3 Å². The zero-order chi connectivity index (χ0) is 21.7. The second-order valence-corrected chi connectivity index (χ2v) is 9.69. The number of hydrogen-bond acceptors (Lipinski definition) is 5. The number of likely N-dealkylation sites (N-methyl/N-ethyl adjacent to an activating group) is 1. The number of aromatic nitrogens is 1. The normalized spacial score (nSPS) is 11.0. The fourth-order valence-electron chi connectivity index (χ4n) is 3.59. The van der Waals surface area contributed by atoms with Crippen LogP contribution in [0.25, 0.3) is 10.2 Å². The lowest BCUT2D eigenvalue weighted by Gasteiger charge is -2.25. The van der Waals surface area contributed by atoms with Crippen molar-refractivity contribution in [3.8, 4) is 0 Å². The van der Waals surface area contributed by atoms with Crippen molar-refractivity contribution in [1.29, 1.82) is 0 Å². The smallest absolute Gasteiger partial charge is 0.260 e. The minimum Gasteiger partial charge on any atom is -0.302 e. The van der Waals surface area contributed by atoms with E-state index in [1.165, 1.54) is 11.1 Å². The van der Waals surface area contributed by atoms with E-state index < -0.39 is 0 Å². The predicted octanol–water partition coefficient (Wildman–Crippen LogP) is 6.44. The maximum absolute atomic E-state index is 13.6. The fraction of sp³-hybridized carbons (Fsp3) is 0.417. The first-order chi connectivity index (χ1) is 14.5. The Morgan fingerprint density at radius 2 is 1.81 bits per heavy atom. The van der Waals surface area contributed by atoms with Gasteiger partial charge in [0.2, 0.25) is 0 Å². The number of nitrogens with zero attached hydrogens (tertiary/aromatic N) is 3. The molecular formula is C24H32ClN3OS2. The van der Waals surface area contributed by atoms with Crippen molar-refractivity contribution < 1.29 is 4.79 Å². The van der Waals surface area contributed by atoms with E-state index in [1.807, 2.05) is 23.1 Å². The van der Waals surface area contributed by atoms with Gasteiger partial charge in [0.05, 0.1) is 10.2 Å². The minimum absolute atomic E-state index is 0. The molecule has 1 heterocycles. The zero-order valence-electron chi connectivity index (χ0n) is 19.0. The Hall–Kier alpha value is -1.60. The van der Waals surface area contributed by atoms with E-state index in [-0.39, 0.29) is 18.3 Å². The summed E-state index contributed by atoms with van der Waals surface area (Å²) in [6, 6.07) is 12.2. The Labute approximate surface area is 200 Å². The molecule has 1 amide bonds. The van der Waals surface area contributed by atoms with Crippen molar-refractivity contribution in [3.05, 3.63) is 53.1 Å². The number of aryl methyl sites for hydroxylation is 2. The maximum atomic E-state index is 13.6. The Bertz CT molecular complexity index is 1020. The van der Waals surface area contributed by atoms with E-state index in [0.29, 0.717) is 6.54 Å². The van der Waals surface area contributed by atoms with Crippen LogP contribution in [0.4, 0.5) is 5.13 Å². The first-order valence-electron chi connectivity index (χ1n) is 10.6. The number of thiazole rings is 1. The monoisotopic (exact) mass is 477 g/mol. The number of thioether (sulfide) groups is 1. The quantitative estimate of drug-likeness (QED) is 0.332. The van der Waals surface area contributed by atoms with Gasteiger partial charge >= 0.3 is 0 Å². The van der Waals surface area contributed by atoms with Crippen LogP contribution in [-0.2, 0) is 0 Å². The van der Waals surface area contributed by atoms with Gasteiger partial charge < -0.3 is 4.90 Å². The molecule has 0 aliphatic heterocycles. The van der Waals surface area contributed by atoms with E-state index in [2.05, 4.69) is 57.7 Å². The lowest BCUT2D eigenvalue weighted by molar-refractivity contribution is 0.0983. The number of carbonyl (C=O) groups excluding carboxylic acids is 1. The highest BCUT2D eigenvalue weighted by molar-refractivity contribution is 7.99. The molecule has 7 heteroatoms. The van der Waals surface area contributed by atoms with Gasteiger partial charge in [0, 0.05) is 23.5 Å². The van der Waals surface area contributed by atoms with Gasteiger partial charge in [-0.05, 0) is 68.1 Å². The Kier molecular flexibility index (Phi) is 9.82. The molecule has 0 N–H and O–H groups in total. The predicted molar refractivity (Wildman–Crippen MR) is 139 cm³/mol. The van der Waals surface area contributed by atoms with Gasteiger partial charge in [-0.3, -0.25) is 9.69 Å². The number of benzene rings is 2. The van der Waals surface area contributed by atoms with Gasteiger partial charge in [0.15, 0.2) is 5.13 Å². The summed E-state index contributed by atoms with van der Waals surface area (Å²) in [6.45, 7) is 14.0. The topological polar surface area (TPSA) is 36.4 Å². The van der Waals surface area contributed by atoms with Gasteiger partial charge in [0.1, 0.15) is 0 Å². The summed E-state index contributed by atoms with van der Waals surface area (Å²) in [5.41, 5.74) is 4.11. The molecular weight excluding hydrogens is 446 g/mol. The highest BCUT2D eigenvalue weighted by Gasteiger charge is 2.22. The van der Waals surface area contributed by atoms with E-state index in [4.69, 9.17) is 4.98 Å². The van der Waals surface area contributed by atoms with Crippen LogP contribution in [0, 0.1) is 13.8 Å². The number of hydrogen-bond donors (Lipinski definition) is 0. The number of halogens is 1. The number of fused-ring (bicyclic) bond motifs is 1. The fourth-order valence-corrected chi connectivity index (χ4v) is 5.35. The van der Waals surface area contributed by atoms with E-state index in [1.54, 1.807) is 23.1 Å². The third kappa shape index (κ3) is 6.22. The maximum Gasteiger partial charge on any atom is 0.260 e. The Morgan fingerprint density at radius 3 is 2.48 bits per heavy atom. The Balaban J connectivity index is 0.00000341. The van der Waals surface area contributed by atoms with Crippen molar-refractivity contribution in [3.63, 3.8) is 0 Å². The molecule has 0 unspecified atom stereocenters. The first kappa shape index (κ1) is 25.7. The number of carbonyl (C=O) groups is 1. The van der Waals surface area contributed by atoms with Gasteiger partial charge in [-0.15, -0.1) is 24.2 Å². The average molecular weight is 478 g/mol. The molecule has 3 aromatic rings. The molecule has 0 aliphatic carbocycles. The standard InChI is InChI=1S/C24H31N3OS2.ClH/c1-6-26(7-2)12-13-27(23(28)19-10-9-11-20(16-19)29-8-3)24-25-21-15-17(4)14-18(5)22(21)30-24;/h9-11,14-16H,6-8,12-13H2,1-5H3;1H. The lowest BCUT2D eigenvalue weighted by Crippen LogP contribution is -2.38. The molecule has 31 heavy (non-hydrogen) atoms. The number of amides is 1. The summed E-state index contributed by atoms with van der Waals surface area (Å²) < 4.78 is 1.16. The summed E-state index contributed by atoms with van der Waals surface area (Å²) in [5, 5.41) is 0.782. The molecule has 3 rings (SSSR count). The number of rotatable bonds is 9. The summed E-state index contributed by atoms with van der Waals surface area (Å²) in [6.07, 6.45) is 0. The molecule has 0 atom stereocenters. The van der Waals surface area contributed by atoms with E-state index in [9.17, 15) is 4.79 Å². The third-order valence-corrected chi connectivity index (χ3v) is 7.32. The van der Waals surface area contributed by atoms with Crippen LogP contribution >= 0.6 is 35.5 Å². The minimum atomic E-state index is 0. The molecule has 0 saturated heterocycles. The SMILES string of the molecule is CCSc1cccc(C(=O)N(CCN(CC)CC)c2nc3cc(C)cc(C)c3s2)c1.Cl. The molecule has 4 nitrogen and oxygen atoms in total. The van der Waals surface area contributed by atoms with Crippen LogP contribution in [0.15, 0.2) is 41.3 Å². The van der Waals surface area contributed by atoms with E-state index >= 15 is 0 Å².